The van der Waals surface area contributed by atoms with Crippen LogP contribution >= 0.6 is 0 Å². The number of allylic oxidation sites excluding steroid dienone is 2. The van der Waals surface area contributed by atoms with Gasteiger partial charge >= 0.3 is 6.03 Å². The summed E-state index contributed by atoms with van der Waals surface area (Å²) >= 11 is 0. The third-order valence-electron chi connectivity index (χ3n) is 5.47. The van der Waals surface area contributed by atoms with Crippen LogP contribution in [0.2, 0.25) is 0 Å². The van der Waals surface area contributed by atoms with Crippen LogP contribution in [0.5, 0.6) is 0 Å². The van der Waals surface area contributed by atoms with E-state index in [9.17, 15) is 4.79 Å². The molecule has 0 aromatic carbocycles. The largest absolute Gasteiger partial charge is 0.328 e. The zero-order valence-corrected chi connectivity index (χ0v) is 14.8. The summed E-state index contributed by atoms with van der Waals surface area (Å²) in [5.41, 5.74) is 0.802. The molecule has 1 saturated heterocycles. The van der Waals surface area contributed by atoms with Crippen LogP contribution in [0.1, 0.15) is 38.6 Å². The van der Waals surface area contributed by atoms with Crippen molar-refractivity contribution in [3.05, 3.63) is 42.4 Å². The molecule has 2 amide bonds. The maximum Gasteiger partial charge on any atom is 0.318 e. The molecule has 25 heavy (non-hydrogen) atoms. The van der Waals surface area contributed by atoms with Crippen LogP contribution in [-0.2, 0) is 0 Å². The molecule has 1 aliphatic carbocycles. The first-order chi connectivity index (χ1) is 12.1. The zero-order chi connectivity index (χ0) is 17.4. The van der Waals surface area contributed by atoms with Crippen molar-refractivity contribution in [2.24, 2.45) is 17.8 Å². The molecule has 6 heteroatoms. The fraction of sp³-hybridized carbons (Fsp3) is 0.526. The molecule has 2 aromatic rings. The molecule has 132 valence electrons. The number of carbonyl (C=O) groups excluding carboxylic acids is 1. The van der Waals surface area contributed by atoms with Crippen molar-refractivity contribution in [1.29, 1.82) is 0 Å². The van der Waals surface area contributed by atoms with Crippen molar-refractivity contribution in [3.63, 3.8) is 0 Å². The molecule has 2 aliphatic rings. The molecular formula is C19H25N5O. The molecule has 0 radical (unpaired) electrons. The van der Waals surface area contributed by atoms with Gasteiger partial charge in [0.15, 0.2) is 11.5 Å². The second kappa shape index (κ2) is 6.50. The third-order valence-corrected chi connectivity index (χ3v) is 5.47. The first-order valence-corrected chi connectivity index (χ1v) is 9.13. The molecule has 3 heterocycles. The number of urea groups is 1. The van der Waals surface area contributed by atoms with Gasteiger partial charge in [-0.2, -0.15) is 0 Å². The second-order valence-electron chi connectivity index (χ2n) is 7.53. The average molecular weight is 339 g/mol. The highest BCUT2D eigenvalue weighted by Crippen LogP contribution is 2.33. The summed E-state index contributed by atoms with van der Waals surface area (Å²) in [4.78, 5) is 14.8. The lowest BCUT2D eigenvalue weighted by Gasteiger charge is -2.25. The number of hydrogen-bond donors (Lipinski definition) is 1. The molecule has 2 aromatic heterocycles. The average Bonchev–Trinajstić information content (AvgIpc) is 3.23. The Labute approximate surface area is 147 Å². The second-order valence-corrected chi connectivity index (χ2v) is 7.53. The van der Waals surface area contributed by atoms with E-state index in [1.165, 1.54) is 0 Å². The van der Waals surface area contributed by atoms with Gasteiger partial charge in [-0.15, -0.1) is 10.2 Å². The standard InChI is InChI=1S/C19H25N5O/c1-13(2)17(18-22-21-16-9-5-6-10-24(16)18)20-19(25)23-11-14-7-3-4-8-15(14)12-23/h3-6,9-10,13-15,17H,7-8,11-12H2,1-2H3,(H,20,25)/t14-,15-,17-/m0/s1. The van der Waals surface area contributed by atoms with E-state index in [1.54, 1.807) is 0 Å². The van der Waals surface area contributed by atoms with Crippen molar-refractivity contribution in [2.75, 3.05) is 13.1 Å². The molecule has 0 unspecified atom stereocenters. The molecule has 1 aliphatic heterocycles. The minimum Gasteiger partial charge on any atom is -0.328 e. The number of rotatable bonds is 3. The maximum atomic E-state index is 12.9. The Balaban J connectivity index is 1.52. The van der Waals surface area contributed by atoms with Crippen molar-refractivity contribution in [2.45, 2.75) is 32.7 Å². The number of fused-ring (bicyclic) bond motifs is 2. The van der Waals surface area contributed by atoms with Crippen LogP contribution in [0.15, 0.2) is 36.5 Å². The maximum absolute atomic E-state index is 12.9. The van der Waals surface area contributed by atoms with Gasteiger partial charge in [-0.3, -0.25) is 4.40 Å². The van der Waals surface area contributed by atoms with Crippen LogP contribution in [0.3, 0.4) is 0 Å². The summed E-state index contributed by atoms with van der Waals surface area (Å²) in [5, 5.41) is 11.8. The number of nitrogens with zero attached hydrogens (tertiary/aromatic N) is 4. The molecule has 4 rings (SSSR count). The highest BCUT2D eigenvalue weighted by atomic mass is 16.2. The Bertz CT molecular complexity index is 780. The molecule has 1 N–H and O–H groups in total. The van der Waals surface area contributed by atoms with Crippen LogP contribution < -0.4 is 5.32 Å². The van der Waals surface area contributed by atoms with Gasteiger partial charge in [0.05, 0.1) is 6.04 Å². The fourth-order valence-corrected chi connectivity index (χ4v) is 4.01. The van der Waals surface area contributed by atoms with E-state index in [0.29, 0.717) is 11.8 Å². The Morgan fingerprint density at radius 1 is 1.16 bits per heavy atom. The van der Waals surface area contributed by atoms with E-state index in [1.807, 2.05) is 33.7 Å². The Kier molecular flexibility index (Phi) is 4.19. The summed E-state index contributed by atoms with van der Waals surface area (Å²) in [6.07, 6.45) is 8.64. The molecule has 3 atom stereocenters. The molecule has 0 bridgehead atoms. The van der Waals surface area contributed by atoms with Crippen LogP contribution in [0.25, 0.3) is 5.65 Å². The minimum atomic E-state index is -0.161. The number of amides is 2. The highest BCUT2D eigenvalue weighted by molar-refractivity contribution is 5.75. The van der Waals surface area contributed by atoms with E-state index in [0.717, 1.165) is 37.4 Å². The quantitative estimate of drug-likeness (QED) is 0.874. The van der Waals surface area contributed by atoms with Gasteiger partial charge in [0.25, 0.3) is 0 Å². The van der Waals surface area contributed by atoms with Gasteiger partial charge in [-0.05, 0) is 42.7 Å². The van der Waals surface area contributed by atoms with Crippen molar-refractivity contribution < 1.29 is 4.79 Å². The van der Waals surface area contributed by atoms with E-state index in [2.05, 4.69) is 41.5 Å². The summed E-state index contributed by atoms with van der Waals surface area (Å²) < 4.78 is 1.96. The summed E-state index contributed by atoms with van der Waals surface area (Å²) in [6.45, 7) is 5.91. The number of pyridine rings is 1. The molecule has 1 fully saturated rings. The van der Waals surface area contributed by atoms with Gasteiger partial charge in [0.2, 0.25) is 0 Å². The number of aromatic nitrogens is 3. The lowest BCUT2D eigenvalue weighted by Crippen LogP contribution is -2.42. The summed E-state index contributed by atoms with van der Waals surface area (Å²) in [6, 6.07) is 5.67. The lowest BCUT2D eigenvalue weighted by molar-refractivity contribution is 0.197. The number of hydrogen-bond acceptors (Lipinski definition) is 3. The number of nitrogens with one attached hydrogen (secondary N) is 1. The Hall–Kier alpha value is -2.37. The highest BCUT2D eigenvalue weighted by Gasteiger charge is 2.36. The van der Waals surface area contributed by atoms with Crippen molar-refractivity contribution in [3.8, 4) is 0 Å². The molecule has 0 saturated carbocycles. The van der Waals surface area contributed by atoms with Crippen LogP contribution in [-0.4, -0.2) is 38.6 Å². The number of carbonyl (C=O) groups is 1. The predicted molar refractivity (Wildman–Crippen MR) is 96.0 cm³/mol. The van der Waals surface area contributed by atoms with Crippen molar-refractivity contribution >= 4 is 11.7 Å². The van der Waals surface area contributed by atoms with E-state index < -0.39 is 0 Å². The summed E-state index contributed by atoms with van der Waals surface area (Å²) in [5.74, 6) is 2.24. The number of likely N-dealkylation sites (tertiary alicyclic amines) is 1. The monoisotopic (exact) mass is 339 g/mol. The lowest BCUT2D eigenvalue weighted by atomic mass is 9.86. The van der Waals surface area contributed by atoms with Gasteiger partial charge in [-0.25, -0.2) is 4.79 Å². The molecule has 6 nitrogen and oxygen atoms in total. The van der Waals surface area contributed by atoms with Gasteiger partial charge in [0, 0.05) is 19.3 Å². The molecular weight excluding hydrogens is 314 g/mol. The third kappa shape index (κ3) is 3.01. The van der Waals surface area contributed by atoms with Gasteiger partial charge < -0.3 is 10.2 Å². The van der Waals surface area contributed by atoms with E-state index >= 15 is 0 Å². The van der Waals surface area contributed by atoms with Crippen LogP contribution in [0, 0.1) is 17.8 Å². The Morgan fingerprint density at radius 3 is 2.56 bits per heavy atom. The van der Waals surface area contributed by atoms with Gasteiger partial charge in [0.1, 0.15) is 0 Å². The van der Waals surface area contributed by atoms with E-state index in [4.69, 9.17) is 0 Å². The smallest absolute Gasteiger partial charge is 0.318 e. The first kappa shape index (κ1) is 16.1. The topological polar surface area (TPSA) is 62.5 Å². The molecule has 0 spiro atoms. The Morgan fingerprint density at radius 2 is 1.88 bits per heavy atom. The summed E-state index contributed by atoms with van der Waals surface area (Å²) in [7, 11) is 0. The zero-order valence-electron chi connectivity index (χ0n) is 14.8. The van der Waals surface area contributed by atoms with Crippen molar-refractivity contribution in [1.82, 2.24) is 24.8 Å². The van der Waals surface area contributed by atoms with E-state index in [-0.39, 0.29) is 18.0 Å². The minimum absolute atomic E-state index is 0.0146. The van der Waals surface area contributed by atoms with Gasteiger partial charge in [-0.1, -0.05) is 32.1 Å². The normalized spacial score (nSPS) is 23.9. The predicted octanol–water partition coefficient (Wildman–Crippen LogP) is 3.03. The first-order valence-electron chi connectivity index (χ1n) is 9.13. The van der Waals surface area contributed by atoms with Crippen LogP contribution in [0.4, 0.5) is 4.79 Å². The fourth-order valence-electron chi connectivity index (χ4n) is 4.01. The SMILES string of the molecule is CC(C)[C@H](NC(=O)N1C[C@@H]2CC=CC[C@H]2C1)c1nnc2ccccn12.